The van der Waals surface area contributed by atoms with E-state index in [-0.39, 0.29) is 0 Å². The van der Waals surface area contributed by atoms with Crippen molar-refractivity contribution in [3.63, 3.8) is 0 Å². The molecule has 0 amide bonds. The van der Waals surface area contributed by atoms with Crippen molar-refractivity contribution in [2.24, 2.45) is 0 Å². The van der Waals surface area contributed by atoms with Crippen molar-refractivity contribution in [1.82, 2.24) is 14.5 Å². The SMILES string of the molecule is c1ccc(-n2c3cnccc3c3c2oc2[n+]3Cc3ncccc3-2)cc1. The molecule has 0 unspecified atom stereocenters. The lowest BCUT2D eigenvalue weighted by atomic mass is 10.2. The summed E-state index contributed by atoms with van der Waals surface area (Å²) in [5.41, 5.74) is 6.17. The number of hydrogen-bond donors (Lipinski definition) is 0. The number of rotatable bonds is 1. The summed E-state index contributed by atoms with van der Waals surface area (Å²) in [5.74, 6) is 0.872. The fourth-order valence-corrected chi connectivity index (χ4v) is 3.79. The van der Waals surface area contributed by atoms with Gasteiger partial charge in [-0.1, -0.05) is 18.2 Å². The summed E-state index contributed by atoms with van der Waals surface area (Å²) in [5, 5.41) is 1.14. The number of nitrogens with zero attached hydrogens (tertiary/aromatic N) is 4. The quantitative estimate of drug-likeness (QED) is 0.435. The van der Waals surface area contributed by atoms with Gasteiger partial charge in [0.25, 0.3) is 11.2 Å². The zero-order valence-electron chi connectivity index (χ0n) is 13.3. The standard InChI is InChI=1S/C20H13N4O/c1-2-5-13(6-3-1)24-17-11-21-10-8-15(17)18-20(24)25-19-14-7-4-9-22-16(14)12-23(18)19/h1-11H,12H2/q+1. The third-order valence-electron chi connectivity index (χ3n) is 4.85. The van der Waals surface area contributed by atoms with E-state index in [0.29, 0.717) is 0 Å². The average molecular weight is 325 g/mol. The van der Waals surface area contributed by atoms with Crippen molar-refractivity contribution in [2.75, 3.05) is 0 Å². The minimum absolute atomic E-state index is 0.731. The molecule has 0 bridgehead atoms. The fourth-order valence-electron chi connectivity index (χ4n) is 3.79. The zero-order valence-corrected chi connectivity index (χ0v) is 13.3. The van der Waals surface area contributed by atoms with E-state index >= 15 is 0 Å². The molecule has 0 N–H and O–H groups in total. The highest BCUT2D eigenvalue weighted by molar-refractivity contribution is 6.03. The third kappa shape index (κ3) is 1.59. The molecule has 6 rings (SSSR count). The first-order valence-corrected chi connectivity index (χ1v) is 8.22. The summed E-state index contributed by atoms with van der Waals surface area (Å²) in [4.78, 5) is 8.82. The summed E-state index contributed by atoms with van der Waals surface area (Å²) < 4.78 is 10.7. The summed E-state index contributed by atoms with van der Waals surface area (Å²) in [6, 6.07) is 16.3. The van der Waals surface area contributed by atoms with Gasteiger partial charge < -0.3 is 4.42 Å². The van der Waals surface area contributed by atoms with Crippen molar-refractivity contribution >= 4 is 22.1 Å². The molecule has 5 aromatic rings. The smallest absolute Gasteiger partial charge is 0.380 e. The van der Waals surface area contributed by atoms with Crippen LogP contribution in [0.4, 0.5) is 0 Å². The third-order valence-corrected chi connectivity index (χ3v) is 4.85. The molecule has 0 atom stereocenters. The summed E-state index contributed by atoms with van der Waals surface area (Å²) in [6.45, 7) is 0.731. The second kappa shape index (κ2) is 4.54. The maximum absolute atomic E-state index is 6.37. The van der Waals surface area contributed by atoms with E-state index in [0.717, 1.165) is 51.5 Å². The van der Waals surface area contributed by atoms with Crippen LogP contribution in [-0.2, 0) is 6.54 Å². The predicted octanol–water partition coefficient (Wildman–Crippen LogP) is 3.48. The number of aromatic nitrogens is 4. The van der Waals surface area contributed by atoms with Gasteiger partial charge in [-0.15, -0.1) is 4.57 Å². The highest BCUT2D eigenvalue weighted by atomic mass is 16.4. The Labute approximate surface area is 142 Å². The summed E-state index contributed by atoms with van der Waals surface area (Å²) in [6.07, 6.45) is 5.56. The molecule has 0 fully saturated rings. The van der Waals surface area contributed by atoms with Gasteiger partial charge in [-0.05, 0) is 30.3 Å². The first-order valence-electron chi connectivity index (χ1n) is 8.22. The average Bonchev–Trinajstić information content (AvgIpc) is 3.29. The van der Waals surface area contributed by atoms with Crippen LogP contribution in [0.2, 0.25) is 0 Å². The monoisotopic (exact) mass is 325 g/mol. The van der Waals surface area contributed by atoms with Gasteiger partial charge in [-0.2, -0.15) is 0 Å². The molecule has 118 valence electrons. The second-order valence-corrected chi connectivity index (χ2v) is 6.21. The lowest BCUT2D eigenvalue weighted by Gasteiger charge is -2.03. The van der Waals surface area contributed by atoms with E-state index < -0.39 is 0 Å². The molecular formula is C20H13N4O+. The molecule has 0 aliphatic carbocycles. The molecule has 0 saturated heterocycles. The maximum atomic E-state index is 6.37. The van der Waals surface area contributed by atoms with Gasteiger partial charge in [0.05, 0.1) is 17.1 Å². The molecule has 1 aromatic carbocycles. The van der Waals surface area contributed by atoms with Crippen LogP contribution >= 0.6 is 0 Å². The first kappa shape index (κ1) is 12.9. The molecular weight excluding hydrogens is 312 g/mol. The molecule has 5 heterocycles. The number of benzene rings is 1. The van der Waals surface area contributed by atoms with Crippen LogP contribution in [0.25, 0.3) is 39.3 Å². The Morgan fingerprint density at radius 3 is 2.84 bits per heavy atom. The highest BCUT2D eigenvalue weighted by Gasteiger charge is 2.38. The van der Waals surface area contributed by atoms with Crippen LogP contribution < -0.4 is 4.57 Å². The molecule has 1 aliphatic rings. The van der Waals surface area contributed by atoms with Gasteiger partial charge in [0.15, 0.2) is 6.54 Å². The van der Waals surface area contributed by atoms with Crippen LogP contribution in [0.1, 0.15) is 5.69 Å². The van der Waals surface area contributed by atoms with Gasteiger partial charge in [-0.3, -0.25) is 14.5 Å². The van der Waals surface area contributed by atoms with E-state index in [1.165, 1.54) is 0 Å². The van der Waals surface area contributed by atoms with Crippen LogP contribution in [-0.4, -0.2) is 14.5 Å². The molecule has 5 nitrogen and oxygen atoms in total. The normalized spacial score (nSPS) is 12.6. The number of pyridine rings is 2. The van der Waals surface area contributed by atoms with Crippen LogP contribution in [0.3, 0.4) is 0 Å². The molecule has 5 heteroatoms. The van der Waals surface area contributed by atoms with Crippen molar-refractivity contribution < 1.29 is 8.98 Å². The Morgan fingerprint density at radius 1 is 1.00 bits per heavy atom. The number of hydrogen-bond acceptors (Lipinski definition) is 3. The van der Waals surface area contributed by atoms with E-state index in [4.69, 9.17) is 4.42 Å². The van der Waals surface area contributed by atoms with Gasteiger partial charge in [0.1, 0.15) is 11.3 Å². The van der Waals surface area contributed by atoms with E-state index in [9.17, 15) is 0 Å². The van der Waals surface area contributed by atoms with E-state index in [1.54, 1.807) is 0 Å². The summed E-state index contributed by atoms with van der Waals surface area (Å²) in [7, 11) is 0. The zero-order chi connectivity index (χ0) is 16.4. The lowest BCUT2D eigenvalue weighted by molar-refractivity contribution is -0.649. The van der Waals surface area contributed by atoms with Gasteiger partial charge >= 0.3 is 5.89 Å². The van der Waals surface area contributed by atoms with Crippen molar-refractivity contribution in [3.05, 3.63) is 72.8 Å². The molecule has 0 spiro atoms. The van der Waals surface area contributed by atoms with Gasteiger partial charge in [0, 0.05) is 18.1 Å². The van der Waals surface area contributed by atoms with E-state index in [2.05, 4.69) is 43.4 Å². The van der Waals surface area contributed by atoms with Crippen LogP contribution in [0.15, 0.2) is 71.5 Å². The number of para-hydroxylation sites is 1. The molecule has 4 aromatic heterocycles. The van der Waals surface area contributed by atoms with Crippen LogP contribution in [0.5, 0.6) is 0 Å². The van der Waals surface area contributed by atoms with Crippen molar-refractivity contribution in [2.45, 2.75) is 6.54 Å². The van der Waals surface area contributed by atoms with Crippen molar-refractivity contribution in [3.8, 4) is 17.1 Å². The number of fused-ring (bicyclic) bond motifs is 7. The fraction of sp³-hybridized carbons (Fsp3) is 0.0500. The van der Waals surface area contributed by atoms with Crippen molar-refractivity contribution in [1.29, 1.82) is 0 Å². The molecule has 25 heavy (non-hydrogen) atoms. The van der Waals surface area contributed by atoms with Gasteiger partial charge in [0.2, 0.25) is 0 Å². The minimum Gasteiger partial charge on any atom is -0.380 e. The molecule has 0 radical (unpaired) electrons. The van der Waals surface area contributed by atoms with E-state index in [1.807, 2.05) is 42.9 Å². The Morgan fingerprint density at radius 2 is 1.92 bits per heavy atom. The first-order chi connectivity index (χ1) is 12.4. The predicted molar refractivity (Wildman–Crippen MR) is 93.4 cm³/mol. The topological polar surface area (TPSA) is 47.7 Å². The summed E-state index contributed by atoms with van der Waals surface area (Å²) >= 11 is 0. The highest BCUT2D eigenvalue weighted by Crippen LogP contribution is 2.36. The Bertz CT molecular complexity index is 1270. The largest absolute Gasteiger partial charge is 0.385 e. The molecule has 0 saturated carbocycles. The Hall–Kier alpha value is -3.47. The Kier molecular flexibility index (Phi) is 2.34. The minimum atomic E-state index is 0.731. The molecule has 1 aliphatic heterocycles. The van der Waals surface area contributed by atoms with Crippen LogP contribution in [0, 0.1) is 0 Å². The second-order valence-electron chi connectivity index (χ2n) is 6.21. The Balaban J connectivity index is 1.78. The van der Waals surface area contributed by atoms with Gasteiger partial charge in [-0.25, -0.2) is 0 Å². The lowest BCUT2D eigenvalue weighted by Crippen LogP contribution is -2.30. The number of oxazole rings is 1. The maximum Gasteiger partial charge on any atom is 0.385 e.